The van der Waals surface area contributed by atoms with Gasteiger partial charge in [-0.25, -0.2) is 4.98 Å². The Kier molecular flexibility index (Phi) is 4.54. The van der Waals surface area contributed by atoms with Gasteiger partial charge < -0.3 is 18.9 Å². The zero-order valence-corrected chi connectivity index (χ0v) is 15.4. The quantitative estimate of drug-likeness (QED) is 0.846. The van der Waals surface area contributed by atoms with Crippen molar-refractivity contribution in [2.24, 2.45) is 7.05 Å². The van der Waals surface area contributed by atoms with Crippen molar-refractivity contribution >= 4 is 5.91 Å². The number of hydrogen-bond donors (Lipinski definition) is 0. The van der Waals surface area contributed by atoms with Crippen LogP contribution in [-0.4, -0.2) is 40.1 Å². The third kappa shape index (κ3) is 3.04. The first-order valence-corrected chi connectivity index (χ1v) is 9.18. The number of carbonyl (C=O) groups excluding carboxylic acids is 1. The molecule has 0 radical (unpaired) electrons. The Morgan fingerprint density at radius 1 is 1.35 bits per heavy atom. The summed E-state index contributed by atoms with van der Waals surface area (Å²) in [6, 6.07) is 8.42. The molecule has 26 heavy (non-hydrogen) atoms. The summed E-state index contributed by atoms with van der Waals surface area (Å²) < 4.78 is 13.8. The van der Waals surface area contributed by atoms with Gasteiger partial charge in [-0.1, -0.05) is 24.3 Å². The monoisotopic (exact) mass is 355 g/mol. The lowest BCUT2D eigenvalue weighted by Gasteiger charge is -2.39. The fraction of sp³-hybridized carbons (Fsp3) is 0.500. The highest BCUT2D eigenvalue weighted by Gasteiger charge is 2.43. The number of piperidine rings is 1. The van der Waals surface area contributed by atoms with E-state index < -0.39 is 0 Å². The molecule has 2 aliphatic rings. The zero-order valence-electron chi connectivity index (χ0n) is 15.4. The van der Waals surface area contributed by atoms with E-state index in [1.807, 2.05) is 29.6 Å². The lowest BCUT2D eigenvalue weighted by molar-refractivity contribution is -0.145. The minimum atomic E-state index is -0.214. The van der Waals surface area contributed by atoms with Crippen LogP contribution in [0.3, 0.4) is 0 Å². The fourth-order valence-electron chi connectivity index (χ4n) is 4.05. The van der Waals surface area contributed by atoms with E-state index in [0.717, 1.165) is 18.7 Å². The second-order valence-corrected chi connectivity index (χ2v) is 7.17. The van der Waals surface area contributed by atoms with Crippen LogP contribution in [0.2, 0.25) is 0 Å². The maximum Gasteiger partial charge on any atom is 0.248 e. The summed E-state index contributed by atoms with van der Waals surface area (Å²) >= 11 is 0. The van der Waals surface area contributed by atoms with Gasteiger partial charge in [0.1, 0.15) is 18.5 Å². The smallest absolute Gasteiger partial charge is 0.248 e. The standard InChI is InChI=1S/C20H25N3O3/c1-15(19-21-9-12-22(19)2)25-14-18(24)23-10-7-20(8-11-23)17-6-4-3-5-16(17)13-26-20/h3-6,9,12,15H,7-8,10-11,13-14H2,1-2H3. The van der Waals surface area contributed by atoms with Crippen molar-refractivity contribution in [1.29, 1.82) is 0 Å². The van der Waals surface area contributed by atoms with E-state index in [2.05, 4.69) is 29.2 Å². The number of aryl methyl sites for hydroxylation is 1. The molecule has 0 bridgehead atoms. The van der Waals surface area contributed by atoms with Gasteiger partial charge in [-0.3, -0.25) is 4.79 Å². The number of imidazole rings is 1. The molecule has 4 rings (SSSR count). The molecule has 1 atom stereocenters. The molecule has 0 aliphatic carbocycles. The lowest BCUT2D eigenvalue weighted by Crippen LogP contribution is -2.46. The van der Waals surface area contributed by atoms with Gasteiger partial charge in [0.15, 0.2) is 0 Å². The molecular weight excluding hydrogens is 330 g/mol. The summed E-state index contributed by atoms with van der Waals surface area (Å²) in [6.45, 7) is 4.08. The second-order valence-electron chi connectivity index (χ2n) is 7.17. The van der Waals surface area contributed by atoms with Gasteiger partial charge in [-0.05, 0) is 30.9 Å². The van der Waals surface area contributed by atoms with Gasteiger partial charge in [-0.2, -0.15) is 0 Å². The number of likely N-dealkylation sites (tertiary alicyclic amines) is 1. The largest absolute Gasteiger partial charge is 0.365 e. The molecule has 3 heterocycles. The molecule has 1 saturated heterocycles. The Bertz CT molecular complexity index is 793. The molecular formula is C20H25N3O3. The van der Waals surface area contributed by atoms with Gasteiger partial charge >= 0.3 is 0 Å². The molecule has 0 N–H and O–H groups in total. The number of hydrogen-bond acceptors (Lipinski definition) is 4. The first-order valence-electron chi connectivity index (χ1n) is 9.18. The highest BCUT2D eigenvalue weighted by molar-refractivity contribution is 5.77. The minimum absolute atomic E-state index is 0.0344. The topological polar surface area (TPSA) is 56.6 Å². The highest BCUT2D eigenvalue weighted by atomic mass is 16.5. The van der Waals surface area contributed by atoms with E-state index in [9.17, 15) is 4.79 Å². The summed E-state index contributed by atoms with van der Waals surface area (Å²) in [4.78, 5) is 18.7. The van der Waals surface area contributed by atoms with Crippen molar-refractivity contribution in [3.8, 4) is 0 Å². The third-order valence-corrected chi connectivity index (χ3v) is 5.61. The van der Waals surface area contributed by atoms with Crippen LogP contribution in [0.15, 0.2) is 36.7 Å². The van der Waals surface area contributed by atoms with Crippen molar-refractivity contribution in [2.45, 2.75) is 38.1 Å². The molecule has 138 valence electrons. The number of fused-ring (bicyclic) bond motifs is 2. The Balaban J connectivity index is 1.32. The first-order chi connectivity index (χ1) is 12.6. The molecule has 2 aliphatic heterocycles. The molecule has 1 fully saturated rings. The maximum atomic E-state index is 12.5. The minimum Gasteiger partial charge on any atom is -0.365 e. The van der Waals surface area contributed by atoms with Gasteiger partial charge in [0.05, 0.1) is 12.2 Å². The summed E-state index contributed by atoms with van der Waals surface area (Å²) in [7, 11) is 1.92. The Morgan fingerprint density at radius 2 is 2.12 bits per heavy atom. The molecule has 1 amide bonds. The molecule has 1 aromatic carbocycles. The molecule has 6 heteroatoms. The number of aromatic nitrogens is 2. The van der Waals surface area contributed by atoms with Crippen molar-refractivity contribution in [3.05, 3.63) is 53.6 Å². The van der Waals surface area contributed by atoms with Crippen molar-refractivity contribution < 1.29 is 14.3 Å². The average molecular weight is 355 g/mol. The molecule has 2 aromatic rings. The van der Waals surface area contributed by atoms with E-state index in [1.54, 1.807) is 6.20 Å². The van der Waals surface area contributed by atoms with E-state index in [-0.39, 0.29) is 24.2 Å². The first kappa shape index (κ1) is 17.2. The van der Waals surface area contributed by atoms with Crippen molar-refractivity contribution in [1.82, 2.24) is 14.5 Å². The van der Waals surface area contributed by atoms with Crippen molar-refractivity contribution in [2.75, 3.05) is 19.7 Å². The summed E-state index contributed by atoms with van der Waals surface area (Å²) in [5.41, 5.74) is 2.36. The van der Waals surface area contributed by atoms with Gasteiger partial charge in [0, 0.05) is 32.5 Å². The lowest BCUT2D eigenvalue weighted by atomic mass is 9.84. The Labute approximate surface area is 153 Å². The third-order valence-electron chi connectivity index (χ3n) is 5.61. The number of rotatable bonds is 4. The van der Waals surface area contributed by atoms with Crippen LogP contribution in [0.25, 0.3) is 0 Å². The van der Waals surface area contributed by atoms with Crippen LogP contribution < -0.4 is 0 Å². The SMILES string of the molecule is CC(OCC(=O)N1CCC2(CC1)OCc1ccccc12)c1nccn1C. The normalized spacial score (nSPS) is 19.5. The van der Waals surface area contributed by atoms with Gasteiger partial charge in [0.25, 0.3) is 0 Å². The fourth-order valence-corrected chi connectivity index (χ4v) is 4.05. The summed E-state index contributed by atoms with van der Waals surface area (Å²) in [6.07, 6.45) is 5.08. The molecule has 1 unspecified atom stereocenters. The van der Waals surface area contributed by atoms with Crippen LogP contribution in [0.4, 0.5) is 0 Å². The molecule has 1 spiro atoms. The van der Waals surface area contributed by atoms with E-state index in [4.69, 9.17) is 9.47 Å². The molecule has 6 nitrogen and oxygen atoms in total. The number of nitrogens with zero attached hydrogens (tertiary/aromatic N) is 3. The highest BCUT2D eigenvalue weighted by Crippen LogP contribution is 2.43. The number of carbonyl (C=O) groups is 1. The van der Waals surface area contributed by atoms with Crippen LogP contribution in [0.5, 0.6) is 0 Å². The summed E-state index contributed by atoms with van der Waals surface area (Å²) in [5, 5.41) is 0. The van der Waals surface area contributed by atoms with Gasteiger partial charge in [0.2, 0.25) is 5.91 Å². The Hall–Kier alpha value is -2.18. The van der Waals surface area contributed by atoms with E-state index in [0.29, 0.717) is 19.7 Å². The Morgan fingerprint density at radius 3 is 2.85 bits per heavy atom. The van der Waals surface area contributed by atoms with E-state index >= 15 is 0 Å². The van der Waals surface area contributed by atoms with E-state index in [1.165, 1.54) is 11.1 Å². The van der Waals surface area contributed by atoms with Gasteiger partial charge in [-0.15, -0.1) is 0 Å². The molecule has 0 saturated carbocycles. The van der Waals surface area contributed by atoms with Crippen LogP contribution in [0, 0.1) is 0 Å². The molecule has 1 aromatic heterocycles. The number of ether oxygens (including phenoxy) is 2. The van der Waals surface area contributed by atoms with Crippen LogP contribution in [-0.2, 0) is 33.5 Å². The maximum absolute atomic E-state index is 12.5. The van der Waals surface area contributed by atoms with Crippen LogP contribution >= 0.6 is 0 Å². The number of benzene rings is 1. The second kappa shape index (κ2) is 6.85. The summed E-state index contributed by atoms with van der Waals surface area (Å²) in [5.74, 6) is 0.860. The predicted octanol–water partition coefficient (Wildman–Crippen LogP) is 2.55. The zero-order chi connectivity index (χ0) is 18.1. The predicted molar refractivity (Wildman–Crippen MR) is 96.3 cm³/mol. The van der Waals surface area contributed by atoms with Crippen molar-refractivity contribution in [3.63, 3.8) is 0 Å². The number of amides is 1. The van der Waals surface area contributed by atoms with Crippen LogP contribution in [0.1, 0.15) is 42.8 Å². The average Bonchev–Trinajstić information content (AvgIpc) is 3.25.